The van der Waals surface area contributed by atoms with Crippen LogP contribution in [0.15, 0.2) is 54.6 Å². The molecule has 0 saturated heterocycles. The Morgan fingerprint density at radius 3 is 2.79 bits per heavy atom. The highest BCUT2D eigenvalue weighted by Crippen LogP contribution is 2.29. The second kappa shape index (κ2) is 7.43. The fraction of sp³-hybridized carbons (Fsp3) is 0.217. The first-order chi connectivity index (χ1) is 13.5. The first-order valence-electron chi connectivity index (χ1n) is 9.28. The number of benzene rings is 2. The van der Waals surface area contributed by atoms with Gasteiger partial charge in [0.1, 0.15) is 12.4 Å². The van der Waals surface area contributed by atoms with Gasteiger partial charge in [-0.05, 0) is 42.8 Å². The van der Waals surface area contributed by atoms with Crippen LogP contribution in [0.2, 0.25) is 0 Å². The molecule has 0 aliphatic heterocycles. The molecule has 5 heteroatoms. The van der Waals surface area contributed by atoms with Crippen molar-refractivity contribution in [2.24, 2.45) is 0 Å². The zero-order valence-electron chi connectivity index (χ0n) is 15.9. The van der Waals surface area contributed by atoms with Crippen molar-refractivity contribution in [1.82, 2.24) is 9.55 Å². The van der Waals surface area contributed by atoms with Crippen LogP contribution in [0, 0.1) is 12.7 Å². The number of rotatable bonds is 5. The van der Waals surface area contributed by atoms with Gasteiger partial charge in [0.05, 0.1) is 12.1 Å². The highest BCUT2D eigenvalue weighted by atomic mass is 19.1. The Kier molecular flexibility index (Phi) is 4.82. The molecular formula is C23H21FN2O2. The third-order valence-electron chi connectivity index (χ3n) is 5.05. The van der Waals surface area contributed by atoms with Gasteiger partial charge in [-0.2, -0.15) is 0 Å². The van der Waals surface area contributed by atoms with Crippen LogP contribution in [-0.4, -0.2) is 22.1 Å². The first kappa shape index (κ1) is 18.2. The largest absolute Gasteiger partial charge is 0.464 e. The van der Waals surface area contributed by atoms with Crippen molar-refractivity contribution >= 4 is 27.8 Å². The highest BCUT2D eigenvalue weighted by molar-refractivity contribution is 5.86. The molecule has 0 aliphatic carbocycles. The maximum absolute atomic E-state index is 14.0. The van der Waals surface area contributed by atoms with Crippen LogP contribution in [0.5, 0.6) is 0 Å². The minimum Gasteiger partial charge on any atom is -0.464 e. The van der Waals surface area contributed by atoms with E-state index < -0.39 is 0 Å². The van der Waals surface area contributed by atoms with Crippen LogP contribution < -0.4 is 0 Å². The Hall–Kier alpha value is -3.21. The molecule has 142 valence electrons. The molecule has 2 heterocycles. The van der Waals surface area contributed by atoms with Gasteiger partial charge in [-0.3, -0.25) is 9.78 Å². The van der Waals surface area contributed by atoms with Gasteiger partial charge in [0.15, 0.2) is 0 Å². The molecule has 0 aliphatic rings. The lowest BCUT2D eigenvalue weighted by molar-refractivity contribution is -0.141. The van der Waals surface area contributed by atoms with Crippen molar-refractivity contribution in [2.45, 2.75) is 26.8 Å². The summed E-state index contributed by atoms with van der Waals surface area (Å²) in [6, 6.07) is 16.9. The summed E-state index contributed by atoms with van der Waals surface area (Å²) < 4.78 is 21.1. The lowest BCUT2D eigenvalue weighted by Gasteiger charge is -2.09. The van der Waals surface area contributed by atoms with Crippen LogP contribution in [0.25, 0.3) is 21.8 Å². The number of esters is 1. The lowest BCUT2D eigenvalue weighted by Crippen LogP contribution is -2.10. The molecule has 0 atom stereocenters. The molecule has 2 aromatic carbocycles. The minimum absolute atomic E-state index is 0.266. The van der Waals surface area contributed by atoms with Crippen molar-refractivity contribution in [3.63, 3.8) is 0 Å². The van der Waals surface area contributed by atoms with Gasteiger partial charge >= 0.3 is 5.97 Å². The van der Waals surface area contributed by atoms with E-state index in [1.54, 1.807) is 12.1 Å². The first-order valence-corrected chi connectivity index (χ1v) is 9.28. The minimum atomic E-state index is -0.305. The zero-order valence-corrected chi connectivity index (χ0v) is 15.9. The summed E-state index contributed by atoms with van der Waals surface area (Å²) in [6.45, 7) is 4.22. The number of carbonyl (C=O) groups excluding carboxylic acids is 1. The van der Waals surface area contributed by atoms with Crippen molar-refractivity contribution in [3.8, 4) is 0 Å². The van der Waals surface area contributed by atoms with Crippen LogP contribution in [0.4, 0.5) is 4.39 Å². The van der Waals surface area contributed by atoms with Crippen LogP contribution >= 0.6 is 0 Å². The predicted molar refractivity (Wildman–Crippen MR) is 108 cm³/mol. The second-order valence-corrected chi connectivity index (χ2v) is 6.89. The van der Waals surface area contributed by atoms with Gasteiger partial charge < -0.3 is 9.30 Å². The summed E-state index contributed by atoms with van der Waals surface area (Å²) in [5.74, 6) is -0.571. The summed E-state index contributed by atoms with van der Waals surface area (Å²) in [7, 11) is 0. The Bertz CT molecular complexity index is 1180. The van der Waals surface area contributed by atoms with Gasteiger partial charge in [0.25, 0.3) is 0 Å². The molecule has 28 heavy (non-hydrogen) atoms. The van der Waals surface area contributed by atoms with Gasteiger partial charge in [-0.25, -0.2) is 4.39 Å². The number of fused-ring (bicyclic) bond motifs is 2. The number of aromatic nitrogens is 2. The summed E-state index contributed by atoms with van der Waals surface area (Å²) >= 11 is 0. The fourth-order valence-corrected chi connectivity index (χ4v) is 3.70. The number of halogens is 1. The Morgan fingerprint density at radius 1 is 1.14 bits per heavy atom. The molecule has 0 amide bonds. The average Bonchev–Trinajstić information content (AvgIpc) is 2.93. The monoisotopic (exact) mass is 376 g/mol. The predicted octanol–water partition coefficient (Wildman–Crippen LogP) is 4.79. The Balaban J connectivity index is 1.75. The van der Waals surface area contributed by atoms with Gasteiger partial charge in [0.2, 0.25) is 0 Å². The lowest BCUT2D eigenvalue weighted by atomic mass is 10.0. The second-order valence-electron chi connectivity index (χ2n) is 6.89. The molecule has 0 fully saturated rings. The van der Waals surface area contributed by atoms with Crippen molar-refractivity contribution < 1.29 is 13.9 Å². The van der Waals surface area contributed by atoms with Gasteiger partial charge in [-0.15, -0.1) is 0 Å². The normalized spacial score (nSPS) is 11.2. The van der Waals surface area contributed by atoms with E-state index in [4.69, 9.17) is 9.72 Å². The average molecular weight is 376 g/mol. The molecule has 4 nitrogen and oxygen atoms in total. The SMILES string of the molecule is CC(=O)OCCn1c(C)c(Cc2ccc3ccccc3n2)c2cc(F)ccc21. The van der Waals surface area contributed by atoms with Gasteiger partial charge in [-0.1, -0.05) is 24.3 Å². The quantitative estimate of drug-likeness (QED) is 0.470. The third-order valence-corrected chi connectivity index (χ3v) is 5.05. The summed E-state index contributed by atoms with van der Waals surface area (Å²) in [4.78, 5) is 15.9. The fourth-order valence-electron chi connectivity index (χ4n) is 3.70. The maximum atomic E-state index is 14.0. The number of pyridine rings is 1. The molecule has 0 bridgehead atoms. The topological polar surface area (TPSA) is 44.1 Å². The molecule has 0 radical (unpaired) electrons. The smallest absolute Gasteiger partial charge is 0.302 e. The molecule has 4 aromatic rings. The van der Waals surface area contributed by atoms with E-state index in [1.165, 1.54) is 13.0 Å². The van der Waals surface area contributed by atoms with E-state index in [0.29, 0.717) is 13.0 Å². The van der Waals surface area contributed by atoms with E-state index >= 15 is 0 Å². The van der Waals surface area contributed by atoms with Crippen molar-refractivity contribution in [3.05, 3.63) is 77.4 Å². The molecule has 0 saturated carbocycles. The van der Waals surface area contributed by atoms with Crippen LogP contribution in [0.3, 0.4) is 0 Å². The van der Waals surface area contributed by atoms with Crippen LogP contribution in [0.1, 0.15) is 23.9 Å². The molecular weight excluding hydrogens is 355 g/mol. The number of para-hydroxylation sites is 1. The van der Waals surface area contributed by atoms with Crippen LogP contribution in [-0.2, 0) is 22.5 Å². The molecule has 0 unspecified atom stereocenters. The third kappa shape index (κ3) is 3.48. The summed E-state index contributed by atoms with van der Waals surface area (Å²) in [6.07, 6.45) is 0.608. The molecule has 4 rings (SSSR count). The van der Waals surface area contributed by atoms with Gasteiger partial charge in [0, 0.05) is 41.0 Å². The summed E-state index contributed by atoms with van der Waals surface area (Å²) in [5.41, 5.74) is 4.89. The Labute approximate surface area is 162 Å². The van der Waals surface area contributed by atoms with E-state index in [0.717, 1.165) is 38.8 Å². The van der Waals surface area contributed by atoms with E-state index in [9.17, 15) is 9.18 Å². The number of hydrogen-bond donors (Lipinski definition) is 0. The van der Waals surface area contributed by atoms with Crippen molar-refractivity contribution in [1.29, 1.82) is 0 Å². The van der Waals surface area contributed by atoms with E-state index in [2.05, 4.69) is 10.6 Å². The number of carbonyl (C=O) groups is 1. The standard InChI is InChI=1S/C23H21FN2O2/c1-15-20(14-19-9-7-17-5-3-4-6-22(17)25-19)21-13-18(24)8-10-23(21)26(15)11-12-28-16(2)27/h3-10,13H,11-12,14H2,1-2H3. The maximum Gasteiger partial charge on any atom is 0.302 e. The summed E-state index contributed by atoms with van der Waals surface area (Å²) in [5, 5.41) is 1.97. The van der Waals surface area contributed by atoms with E-state index in [1.807, 2.05) is 37.3 Å². The molecule has 0 spiro atoms. The number of hydrogen-bond acceptors (Lipinski definition) is 3. The number of ether oxygens (including phenoxy) is 1. The van der Waals surface area contributed by atoms with E-state index in [-0.39, 0.29) is 18.4 Å². The molecule has 2 aromatic heterocycles. The molecule has 0 N–H and O–H groups in total. The number of nitrogens with zero attached hydrogens (tertiary/aromatic N) is 2. The highest BCUT2D eigenvalue weighted by Gasteiger charge is 2.16. The Morgan fingerprint density at radius 2 is 1.96 bits per heavy atom. The zero-order chi connectivity index (χ0) is 19.7. The van der Waals surface area contributed by atoms with Crippen molar-refractivity contribution in [2.75, 3.05) is 6.61 Å².